The summed E-state index contributed by atoms with van der Waals surface area (Å²) >= 11 is 0. The predicted molar refractivity (Wildman–Crippen MR) is 114 cm³/mol. The highest BCUT2D eigenvalue weighted by Gasteiger charge is 2.29. The lowest BCUT2D eigenvalue weighted by Gasteiger charge is -2.09. The summed E-state index contributed by atoms with van der Waals surface area (Å²) in [4.78, 5) is 24.2. The van der Waals surface area contributed by atoms with Gasteiger partial charge < -0.3 is 16.8 Å². The van der Waals surface area contributed by atoms with Gasteiger partial charge in [0.1, 0.15) is 22.9 Å². The fourth-order valence-corrected chi connectivity index (χ4v) is 3.22. The first-order valence-corrected chi connectivity index (χ1v) is 9.83. The minimum absolute atomic E-state index is 0.0631. The average molecular weight is 463 g/mol. The standard InChI is InChI=1S/C22H21F4N5O2/c1-12-2-7-15(23)10-16(12)21(33)29-11-13-3-5-14(6-4-13)18-17(20(28)32)19(27)31(30-18)9-8-22(24,25)26/h2-7,10H,8-9,11,27H2,1H3,(H2,28,32)(H,29,33). The Bertz CT molecular complexity index is 1190. The van der Waals surface area contributed by atoms with E-state index in [1.165, 1.54) is 12.1 Å². The van der Waals surface area contributed by atoms with Gasteiger partial charge in [0.05, 0.1) is 13.0 Å². The van der Waals surface area contributed by atoms with Gasteiger partial charge in [0.2, 0.25) is 0 Å². The number of nitrogens with zero attached hydrogens (tertiary/aromatic N) is 2. The topological polar surface area (TPSA) is 116 Å². The Kier molecular flexibility index (Phi) is 6.70. The molecule has 0 aliphatic rings. The molecule has 0 atom stereocenters. The van der Waals surface area contributed by atoms with E-state index in [1.54, 1.807) is 31.2 Å². The van der Waals surface area contributed by atoms with Crippen molar-refractivity contribution in [1.29, 1.82) is 0 Å². The molecule has 174 valence electrons. The minimum atomic E-state index is -4.42. The molecule has 0 saturated carbocycles. The van der Waals surface area contributed by atoms with Crippen LogP contribution in [0.4, 0.5) is 23.4 Å². The SMILES string of the molecule is Cc1ccc(F)cc1C(=O)NCc1ccc(-c2nn(CCC(F)(F)F)c(N)c2C(N)=O)cc1. The Morgan fingerprint density at radius 3 is 2.39 bits per heavy atom. The lowest BCUT2D eigenvalue weighted by molar-refractivity contribution is -0.137. The second-order valence-corrected chi connectivity index (χ2v) is 7.40. The van der Waals surface area contributed by atoms with Gasteiger partial charge in [-0.15, -0.1) is 0 Å². The van der Waals surface area contributed by atoms with Gasteiger partial charge in [-0.2, -0.15) is 18.3 Å². The molecule has 0 radical (unpaired) electrons. The Labute approximate surface area is 186 Å². The molecule has 1 heterocycles. The average Bonchev–Trinajstić information content (AvgIpc) is 3.08. The van der Waals surface area contributed by atoms with E-state index in [2.05, 4.69) is 10.4 Å². The van der Waals surface area contributed by atoms with E-state index in [-0.39, 0.29) is 29.2 Å². The van der Waals surface area contributed by atoms with E-state index < -0.39 is 36.8 Å². The van der Waals surface area contributed by atoms with Crippen molar-refractivity contribution in [2.75, 3.05) is 5.73 Å². The molecule has 5 N–H and O–H groups in total. The van der Waals surface area contributed by atoms with Crippen LogP contribution in [0.2, 0.25) is 0 Å². The first-order valence-electron chi connectivity index (χ1n) is 9.83. The van der Waals surface area contributed by atoms with E-state index in [1.807, 2.05) is 0 Å². The van der Waals surface area contributed by atoms with Crippen LogP contribution in [0.1, 0.15) is 38.3 Å². The van der Waals surface area contributed by atoms with Crippen LogP contribution in [0.5, 0.6) is 0 Å². The molecule has 2 amide bonds. The van der Waals surface area contributed by atoms with Crippen molar-refractivity contribution in [3.8, 4) is 11.3 Å². The number of hydrogen-bond donors (Lipinski definition) is 3. The maximum absolute atomic E-state index is 13.4. The van der Waals surface area contributed by atoms with Crippen molar-refractivity contribution < 1.29 is 27.2 Å². The molecule has 0 saturated heterocycles. The molecular weight excluding hydrogens is 442 g/mol. The summed E-state index contributed by atoms with van der Waals surface area (Å²) in [5.74, 6) is -2.12. The molecule has 7 nitrogen and oxygen atoms in total. The molecule has 0 spiro atoms. The maximum Gasteiger partial charge on any atom is 0.390 e. The first-order chi connectivity index (χ1) is 15.5. The van der Waals surface area contributed by atoms with Crippen LogP contribution in [-0.2, 0) is 13.1 Å². The summed E-state index contributed by atoms with van der Waals surface area (Å²) in [6, 6.07) is 10.4. The molecule has 2 aromatic carbocycles. The van der Waals surface area contributed by atoms with Crippen LogP contribution >= 0.6 is 0 Å². The normalized spacial score (nSPS) is 11.4. The number of carbonyl (C=O) groups excluding carboxylic acids is 2. The third kappa shape index (κ3) is 5.68. The molecule has 0 aliphatic heterocycles. The fraction of sp³-hybridized carbons (Fsp3) is 0.227. The number of alkyl halides is 3. The Hall–Kier alpha value is -3.89. The zero-order valence-corrected chi connectivity index (χ0v) is 17.5. The Morgan fingerprint density at radius 2 is 1.79 bits per heavy atom. The van der Waals surface area contributed by atoms with E-state index >= 15 is 0 Å². The number of aromatic nitrogens is 2. The minimum Gasteiger partial charge on any atom is -0.383 e. The van der Waals surface area contributed by atoms with Gasteiger partial charge in [0.15, 0.2) is 0 Å². The number of rotatable bonds is 7. The summed E-state index contributed by atoms with van der Waals surface area (Å²) in [7, 11) is 0. The molecule has 0 fully saturated rings. The van der Waals surface area contributed by atoms with Crippen LogP contribution < -0.4 is 16.8 Å². The summed E-state index contributed by atoms with van der Waals surface area (Å²) < 4.78 is 52.0. The second-order valence-electron chi connectivity index (χ2n) is 7.40. The van der Waals surface area contributed by atoms with Crippen LogP contribution in [0.25, 0.3) is 11.3 Å². The molecule has 11 heteroatoms. The van der Waals surface area contributed by atoms with Crippen molar-refractivity contribution in [3.63, 3.8) is 0 Å². The number of anilines is 1. The van der Waals surface area contributed by atoms with E-state index in [9.17, 15) is 27.2 Å². The molecule has 0 aliphatic carbocycles. The fourth-order valence-electron chi connectivity index (χ4n) is 3.22. The number of carbonyl (C=O) groups is 2. The summed E-state index contributed by atoms with van der Waals surface area (Å²) in [5.41, 5.74) is 13.0. The lowest BCUT2D eigenvalue weighted by atomic mass is 10.0. The number of aryl methyl sites for hydroxylation is 2. The van der Waals surface area contributed by atoms with E-state index in [4.69, 9.17) is 11.5 Å². The molecule has 33 heavy (non-hydrogen) atoms. The number of halogens is 4. The molecule has 0 bridgehead atoms. The van der Waals surface area contributed by atoms with Gasteiger partial charge in [-0.25, -0.2) is 9.07 Å². The number of benzene rings is 2. The summed E-state index contributed by atoms with van der Waals surface area (Å²) in [6.07, 6.45) is -5.58. The Morgan fingerprint density at radius 1 is 1.12 bits per heavy atom. The third-order valence-electron chi connectivity index (χ3n) is 4.97. The number of nitrogens with one attached hydrogen (secondary N) is 1. The number of primary amides is 1. The monoisotopic (exact) mass is 463 g/mol. The molecule has 3 aromatic rings. The van der Waals surface area contributed by atoms with Gasteiger partial charge in [-0.05, 0) is 30.2 Å². The molecule has 1 aromatic heterocycles. The number of hydrogen-bond acceptors (Lipinski definition) is 4. The second kappa shape index (κ2) is 9.31. The highest BCUT2D eigenvalue weighted by Crippen LogP contribution is 2.29. The number of amides is 2. The van der Waals surface area contributed by atoms with Crippen molar-refractivity contribution in [1.82, 2.24) is 15.1 Å². The van der Waals surface area contributed by atoms with Crippen LogP contribution in [0.3, 0.4) is 0 Å². The largest absolute Gasteiger partial charge is 0.390 e. The predicted octanol–water partition coefficient (Wildman–Crippen LogP) is 3.56. The molecule has 0 unspecified atom stereocenters. The first kappa shape index (κ1) is 23.8. The maximum atomic E-state index is 13.4. The van der Waals surface area contributed by atoms with Crippen LogP contribution in [0, 0.1) is 12.7 Å². The van der Waals surface area contributed by atoms with Gasteiger partial charge in [0, 0.05) is 17.7 Å². The number of nitrogens with two attached hydrogens (primary N) is 2. The van der Waals surface area contributed by atoms with E-state index in [0.29, 0.717) is 16.7 Å². The number of nitrogen functional groups attached to an aromatic ring is 1. The van der Waals surface area contributed by atoms with Crippen LogP contribution in [0.15, 0.2) is 42.5 Å². The summed E-state index contributed by atoms with van der Waals surface area (Å²) in [6.45, 7) is 1.28. The highest BCUT2D eigenvalue weighted by atomic mass is 19.4. The van der Waals surface area contributed by atoms with Gasteiger partial charge in [0.25, 0.3) is 11.8 Å². The molecular formula is C22H21F4N5O2. The zero-order valence-electron chi connectivity index (χ0n) is 17.5. The summed E-state index contributed by atoms with van der Waals surface area (Å²) in [5, 5.41) is 6.74. The Balaban J connectivity index is 1.77. The van der Waals surface area contributed by atoms with Gasteiger partial charge in [-0.1, -0.05) is 30.3 Å². The quantitative estimate of drug-likeness (QED) is 0.465. The molecule has 3 rings (SSSR count). The van der Waals surface area contributed by atoms with Crippen LogP contribution in [-0.4, -0.2) is 27.8 Å². The smallest absolute Gasteiger partial charge is 0.383 e. The third-order valence-corrected chi connectivity index (χ3v) is 4.97. The van der Waals surface area contributed by atoms with Gasteiger partial charge in [-0.3, -0.25) is 9.59 Å². The van der Waals surface area contributed by atoms with Crippen molar-refractivity contribution >= 4 is 17.6 Å². The van der Waals surface area contributed by atoms with E-state index in [0.717, 1.165) is 10.7 Å². The van der Waals surface area contributed by atoms with Crippen molar-refractivity contribution in [2.24, 2.45) is 5.73 Å². The highest BCUT2D eigenvalue weighted by molar-refractivity contribution is 6.03. The lowest BCUT2D eigenvalue weighted by Crippen LogP contribution is -2.23. The van der Waals surface area contributed by atoms with Crippen molar-refractivity contribution in [3.05, 3.63) is 70.5 Å². The van der Waals surface area contributed by atoms with Crippen molar-refractivity contribution in [2.45, 2.75) is 32.6 Å². The zero-order chi connectivity index (χ0) is 24.3. The van der Waals surface area contributed by atoms with Gasteiger partial charge >= 0.3 is 6.18 Å².